The van der Waals surface area contributed by atoms with Gasteiger partial charge in [-0.1, -0.05) is 6.58 Å². The van der Waals surface area contributed by atoms with E-state index in [0.717, 1.165) is 25.7 Å². The Morgan fingerprint density at radius 1 is 1.17 bits per heavy atom. The molecule has 0 aromatic carbocycles. The summed E-state index contributed by atoms with van der Waals surface area (Å²) in [6.45, 7) is 3.83. The van der Waals surface area contributed by atoms with Crippen LogP contribution in [0.5, 0.6) is 0 Å². The van der Waals surface area contributed by atoms with Crippen LogP contribution in [-0.4, -0.2) is 59.2 Å². The Kier molecular flexibility index (Phi) is 10.2. The molecule has 2 rings (SSSR count). The van der Waals surface area contributed by atoms with Crippen LogP contribution >= 0.6 is 23.2 Å². The highest BCUT2D eigenvalue weighted by molar-refractivity contribution is 6.21. The van der Waals surface area contributed by atoms with Crippen molar-refractivity contribution in [1.29, 1.82) is 0 Å². The Labute approximate surface area is 181 Å². The maximum absolute atomic E-state index is 13.6. The summed E-state index contributed by atoms with van der Waals surface area (Å²) in [7, 11) is 0. The molecule has 6 nitrogen and oxygen atoms in total. The van der Waals surface area contributed by atoms with Gasteiger partial charge in [0.2, 0.25) is 11.8 Å². The highest BCUT2D eigenvalue weighted by Crippen LogP contribution is 2.30. The van der Waals surface area contributed by atoms with Crippen LogP contribution in [-0.2, 0) is 14.3 Å². The molecule has 4 atom stereocenters. The van der Waals surface area contributed by atoms with Crippen LogP contribution in [0.3, 0.4) is 0 Å². The number of ether oxygens (including phenoxy) is 1. The SMILES string of the molecule is C=C(CCNC(=O)C(O)C1CCC(Cl)CC1)NC(=O)COC1CCC(Cl)C(F)C1. The molecule has 3 N–H and O–H groups in total. The number of halogens is 3. The van der Waals surface area contributed by atoms with Crippen LogP contribution in [0.1, 0.15) is 51.4 Å². The first-order chi connectivity index (χ1) is 13.8. The van der Waals surface area contributed by atoms with Crippen LogP contribution in [0.4, 0.5) is 4.39 Å². The fraction of sp³-hybridized carbons (Fsp3) is 0.800. The van der Waals surface area contributed by atoms with Crippen molar-refractivity contribution in [3.63, 3.8) is 0 Å². The zero-order valence-corrected chi connectivity index (χ0v) is 18.1. The first kappa shape index (κ1) is 24.4. The Morgan fingerprint density at radius 3 is 2.52 bits per heavy atom. The molecule has 2 amide bonds. The molecule has 0 aromatic rings. The fourth-order valence-corrected chi connectivity index (χ4v) is 4.21. The average Bonchev–Trinajstić information content (AvgIpc) is 2.68. The maximum Gasteiger partial charge on any atom is 0.250 e. The molecule has 2 saturated carbocycles. The van der Waals surface area contributed by atoms with Crippen molar-refractivity contribution < 1.29 is 23.8 Å². The highest BCUT2D eigenvalue weighted by atomic mass is 35.5. The normalized spacial score (nSPS) is 31.0. The predicted molar refractivity (Wildman–Crippen MR) is 111 cm³/mol. The lowest BCUT2D eigenvalue weighted by Gasteiger charge is -2.28. The van der Waals surface area contributed by atoms with E-state index < -0.39 is 23.6 Å². The molecule has 0 bridgehead atoms. The van der Waals surface area contributed by atoms with Gasteiger partial charge in [0.05, 0.1) is 11.5 Å². The molecule has 2 fully saturated rings. The Morgan fingerprint density at radius 2 is 1.86 bits per heavy atom. The minimum Gasteiger partial charge on any atom is -0.383 e. The summed E-state index contributed by atoms with van der Waals surface area (Å²) in [5.74, 6) is -0.855. The highest BCUT2D eigenvalue weighted by Gasteiger charge is 2.31. The lowest BCUT2D eigenvalue weighted by atomic mass is 9.84. The van der Waals surface area contributed by atoms with Crippen molar-refractivity contribution in [1.82, 2.24) is 10.6 Å². The monoisotopic (exact) mass is 452 g/mol. The number of aliphatic hydroxyl groups is 1. The summed E-state index contributed by atoms with van der Waals surface area (Å²) in [5.41, 5.74) is 0.434. The van der Waals surface area contributed by atoms with Gasteiger partial charge in [-0.2, -0.15) is 0 Å². The van der Waals surface area contributed by atoms with Crippen molar-refractivity contribution in [2.75, 3.05) is 13.2 Å². The van der Waals surface area contributed by atoms with Gasteiger partial charge in [0.15, 0.2) is 0 Å². The first-order valence-corrected chi connectivity index (χ1v) is 11.1. The largest absolute Gasteiger partial charge is 0.383 e. The number of nitrogens with one attached hydrogen (secondary N) is 2. The summed E-state index contributed by atoms with van der Waals surface area (Å²) in [6.07, 6.45) is 2.31. The maximum atomic E-state index is 13.6. The number of carbonyl (C=O) groups excluding carboxylic acids is 2. The van der Waals surface area contributed by atoms with Gasteiger partial charge in [0.1, 0.15) is 18.9 Å². The number of aliphatic hydroxyl groups excluding tert-OH is 1. The smallest absolute Gasteiger partial charge is 0.250 e. The van der Waals surface area contributed by atoms with E-state index in [0.29, 0.717) is 25.0 Å². The summed E-state index contributed by atoms with van der Waals surface area (Å²) in [5, 5.41) is 15.1. The Hall–Kier alpha value is -0.890. The van der Waals surface area contributed by atoms with Crippen LogP contribution in [0.2, 0.25) is 0 Å². The first-order valence-electron chi connectivity index (χ1n) is 10.2. The number of alkyl halides is 3. The molecule has 0 radical (unpaired) electrons. The number of rotatable bonds is 9. The molecule has 0 aliphatic heterocycles. The van der Waals surface area contributed by atoms with E-state index >= 15 is 0 Å². The lowest BCUT2D eigenvalue weighted by molar-refractivity contribution is -0.132. The van der Waals surface area contributed by atoms with Crippen molar-refractivity contribution in [2.45, 2.75) is 80.5 Å². The van der Waals surface area contributed by atoms with E-state index in [1.807, 2.05) is 0 Å². The molecule has 4 unspecified atom stereocenters. The molecule has 29 heavy (non-hydrogen) atoms. The Balaban J connectivity index is 1.57. The zero-order valence-electron chi connectivity index (χ0n) is 16.5. The molecule has 0 heterocycles. The van der Waals surface area contributed by atoms with Gasteiger partial charge in [0, 0.05) is 30.5 Å². The molecule has 0 saturated heterocycles. The van der Waals surface area contributed by atoms with Crippen molar-refractivity contribution in [2.24, 2.45) is 5.92 Å². The number of hydrogen-bond acceptors (Lipinski definition) is 4. The molecule has 2 aliphatic rings. The third-order valence-corrected chi connectivity index (χ3v) is 6.48. The predicted octanol–water partition coefficient (Wildman–Crippen LogP) is 2.80. The van der Waals surface area contributed by atoms with Gasteiger partial charge in [-0.3, -0.25) is 9.59 Å². The Bertz CT molecular complexity index is 573. The molecule has 9 heteroatoms. The van der Waals surface area contributed by atoms with E-state index in [9.17, 15) is 19.1 Å². The molecular weight excluding hydrogens is 422 g/mol. The molecule has 0 spiro atoms. The van der Waals surface area contributed by atoms with E-state index in [2.05, 4.69) is 17.2 Å². The van der Waals surface area contributed by atoms with Gasteiger partial charge in [-0.25, -0.2) is 4.39 Å². The second-order valence-electron chi connectivity index (χ2n) is 7.93. The van der Waals surface area contributed by atoms with Crippen LogP contribution < -0.4 is 10.6 Å². The van der Waals surface area contributed by atoms with E-state index in [1.165, 1.54) is 0 Å². The molecule has 2 aliphatic carbocycles. The fourth-order valence-electron chi connectivity index (χ4n) is 3.73. The lowest BCUT2D eigenvalue weighted by Crippen LogP contribution is -2.41. The van der Waals surface area contributed by atoms with E-state index in [1.54, 1.807) is 0 Å². The minimum atomic E-state index is -1.11. The minimum absolute atomic E-state index is 0.0668. The second kappa shape index (κ2) is 12.1. The van der Waals surface area contributed by atoms with Crippen LogP contribution in [0.15, 0.2) is 12.3 Å². The number of carbonyl (C=O) groups is 2. The number of hydrogen-bond donors (Lipinski definition) is 3. The van der Waals surface area contributed by atoms with Crippen molar-refractivity contribution in [3.05, 3.63) is 12.3 Å². The topological polar surface area (TPSA) is 87.7 Å². The van der Waals surface area contributed by atoms with Gasteiger partial charge < -0.3 is 20.5 Å². The summed E-state index contributed by atoms with van der Waals surface area (Å²) >= 11 is 11.9. The van der Waals surface area contributed by atoms with E-state index in [-0.39, 0.29) is 42.9 Å². The standard InChI is InChI=1S/C20H31Cl2FN2O4/c1-12(25-18(26)11-29-15-6-7-16(22)17(23)10-15)8-9-24-20(28)19(27)13-2-4-14(21)5-3-13/h13-17,19,27H,1-11H2,(H,24,28)(H,25,26). The molecular formula is C20H31Cl2FN2O4. The van der Waals surface area contributed by atoms with Gasteiger partial charge in [-0.15, -0.1) is 23.2 Å². The van der Waals surface area contributed by atoms with Gasteiger partial charge in [-0.05, 0) is 44.4 Å². The summed E-state index contributed by atoms with van der Waals surface area (Å²) < 4.78 is 19.0. The summed E-state index contributed by atoms with van der Waals surface area (Å²) in [4.78, 5) is 24.0. The molecule has 0 aromatic heterocycles. The third-order valence-electron chi connectivity index (χ3n) is 5.55. The third kappa shape index (κ3) is 8.40. The van der Waals surface area contributed by atoms with Crippen molar-refractivity contribution in [3.8, 4) is 0 Å². The number of amides is 2. The van der Waals surface area contributed by atoms with Crippen molar-refractivity contribution >= 4 is 35.0 Å². The second-order valence-corrected chi connectivity index (χ2v) is 9.11. The van der Waals surface area contributed by atoms with Crippen LogP contribution in [0, 0.1) is 5.92 Å². The zero-order chi connectivity index (χ0) is 21.4. The van der Waals surface area contributed by atoms with Gasteiger partial charge in [0.25, 0.3) is 0 Å². The summed E-state index contributed by atoms with van der Waals surface area (Å²) in [6, 6.07) is 0. The molecule has 166 valence electrons. The van der Waals surface area contributed by atoms with Gasteiger partial charge >= 0.3 is 0 Å². The quantitative estimate of drug-likeness (QED) is 0.469. The average molecular weight is 453 g/mol. The van der Waals surface area contributed by atoms with E-state index in [4.69, 9.17) is 27.9 Å². The van der Waals surface area contributed by atoms with Crippen LogP contribution in [0.25, 0.3) is 0 Å².